The Bertz CT molecular complexity index is 815. The standard InChI is InChI=1S/C18H19FN4O3/c19-15-4-2-14(3-5-15)17-10-16(22-26-17)11-25-12-18(24)21-6-1-8-23-9-7-20-13-23/h2-5,7,9-10,13H,1,6,8,11-12H2,(H,21,24). The van der Waals surface area contributed by atoms with Crippen LogP contribution in [0, 0.1) is 5.82 Å². The lowest BCUT2D eigenvalue weighted by molar-refractivity contribution is -0.126. The van der Waals surface area contributed by atoms with E-state index in [1.807, 2.05) is 10.8 Å². The average molecular weight is 358 g/mol. The summed E-state index contributed by atoms with van der Waals surface area (Å²) in [7, 11) is 0. The van der Waals surface area contributed by atoms with Crippen LogP contribution in [0.25, 0.3) is 11.3 Å². The predicted octanol–water partition coefficient (Wildman–Crippen LogP) is 2.40. The number of imidazole rings is 1. The normalized spacial score (nSPS) is 10.8. The number of amides is 1. The van der Waals surface area contributed by atoms with E-state index in [1.54, 1.807) is 30.7 Å². The minimum absolute atomic E-state index is 0.0518. The summed E-state index contributed by atoms with van der Waals surface area (Å²) in [5.74, 6) is 0.0262. The van der Waals surface area contributed by atoms with Crippen LogP contribution >= 0.6 is 0 Å². The van der Waals surface area contributed by atoms with Crippen LogP contribution in [0.3, 0.4) is 0 Å². The van der Waals surface area contributed by atoms with Crippen LogP contribution in [0.1, 0.15) is 12.1 Å². The van der Waals surface area contributed by atoms with Gasteiger partial charge in [0, 0.05) is 37.1 Å². The summed E-state index contributed by atoms with van der Waals surface area (Å²) in [6.07, 6.45) is 6.15. The first-order valence-electron chi connectivity index (χ1n) is 8.22. The summed E-state index contributed by atoms with van der Waals surface area (Å²) in [4.78, 5) is 15.7. The molecule has 2 aromatic heterocycles. The molecule has 0 aliphatic rings. The highest BCUT2D eigenvalue weighted by molar-refractivity contribution is 5.77. The second-order valence-electron chi connectivity index (χ2n) is 5.69. The van der Waals surface area contributed by atoms with Gasteiger partial charge in [0.25, 0.3) is 0 Å². The van der Waals surface area contributed by atoms with E-state index in [1.165, 1.54) is 12.1 Å². The lowest BCUT2D eigenvalue weighted by Crippen LogP contribution is -2.29. The minimum Gasteiger partial charge on any atom is -0.365 e. The third-order valence-electron chi connectivity index (χ3n) is 3.65. The minimum atomic E-state index is -0.312. The van der Waals surface area contributed by atoms with E-state index in [2.05, 4.69) is 15.5 Å². The predicted molar refractivity (Wildman–Crippen MR) is 91.4 cm³/mol. The van der Waals surface area contributed by atoms with Gasteiger partial charge in [-0.2, -0.15) is 0 Å². The van der Waals surface area contributed by atoms with Crippen molar-refractivity contribution in [3.63, 3.8) is 0 Å². The van der Waals surface area contributed by atoms with Gasteiger partial charge in [-0.05, 0) is 30.7 Å². The molecule has 0 atom stereocenters. The molecule has 0 fully saturated rings. The highest BCUT2D eigenvalue weighted by Gasteiger charge is 2.08. The number of hydrogen-bond acceptors (Lipinski definition) is 5. The first kappa shape index (κ1) is 17.8. The number of nitrogens with one attached hydrogen (secondary N) is 1. The van der Waals surface area contributed by atoms with Crippen LogP contribution in [0.5, 0.6) is 0 Å². The molecule has 1 aromatic carbocycles. The number of nitrogens with zero attached hydrogens (tertiary/aromatic N) is 3. The number of aromatic nitrogens is 3. The van der Waals surface area contributed by atoms with E-state index in [0.717, 1.165) is 18.5 Å². The monoisotopic (exact) mass is 358 g/mol. The second kappa shape index (κ2) is 8.91. The van der Waals surface area contributed by atoms with E-state index in [0.29, 0.717) is 18.0 Å². The molecule has 0 aliphatic heterocycles. The van der Waals surface area contributed by atoms with Gasteiger partial charge in [-0.3, -0.25) is 4.79 Å². The Morgan fingerprint density at radius 3 is 2.92 bits per heavy atom. The van der Waals surface area contributed by atoms with Gasteiger partial charge in [0.1, 0.15) is 18.1 Å². The van der Waals surface area contributed by atoms with Crippen molar-refractivity contribution in [2.45, 2.75) is 19.6 Å². The first-order chi connectivity index (χ1) is 12.7. The molecule has 0 bridgehead atoms. The van der Waals surface area contributed by atoms with Gasteiger partial charge in [0.15, 0.2) is 5.76 Å². The SMILES string of the molecule is O=C(COCc1cc(-c2ccc(F)cc2)on1)NCCCn1ccnc1. The largest absolute Gasteiger partial charge is 0.365 e. The van der Waals surface area contributed by atoms with Crippen molar-refractivity contribution >= 4 is 5.91 Å². The highest BCUT2D eigenvalue weighted by Crippen LogP contribution is 2.20. The molecule has 1 amide bonds. The summed E-state index contributed by atoms with van der Waals surface area (Å²) < 4.78 is 25.4. The molecule has 0 saturated heterocycles. The zero-order valence-corrected chi connectivity index (χ0v) is 14.1. The summed E-state index contributed by atoms with van der Waals surface area (Å²) >= 11 is 0. The maximum atomic E-state index is 12.9. The Kier molecular flexibility index (Phi) is 6.10. The van der Waals surface area contributed by atoms with Crippen molar-refractivity contribution in [3.05, 3.63) is 60.6 Å². The fraction of sp³-hybridized carbons (Fsp3) is 0.278. The molecule has 1 N–H and O–H groups in total. The lowest BCUT2D eigenvalue weighted by atomic mass is 10.1. The molecule has 2 heterocycles. The van der Waals surface area contributed by atoms with Crippen LogP contribution in [-0.2, 0) is 22.7 Å². The summed E-state index contributed by atoms with van der Waals surface area (Å²) in [6, 6.07) is 7.63. The molecule has 7 nitrogen and oxygen atoms in total. The molecular formula is C18H19FN4O3. The molecule has 136 valence electrons. The highest BCUT2D eigenvalue weighted by atomic mass is 19.1. The van der Waals surface area contributed by atoms with Crippen molar-refractivity contribution in [2.75, 3.05) is 13.2 Å². The maximum Gasteiger partial charge on any atom is 0.246 e. The number of carbonyl (C=O) groups is 1. The van der Waals surface area contributed by atoms with Crippen molar-refractivity contribution in [1.82, 2.24) is 20.0 Å². The van der Waals surface area contributed by atoms with Crippen LogP contribution in [0.4, 0.5) is 4.39 Å². The van der Waals surface area contributed by atoms with Crippen LogP contribution in [0.2, 0.25) is 0 Å². The smallest absolute Gasteiger partial charge is 0.246 e. The Balaban J connectivity index is 1.34. The number of aryl methyl sites for hydroxylation is 1. The zero-order valence-electron chi connectivity index (χ0n) is 14.1. The summed E-state index contributed by atoms with van der Waals surface area (Å²) in [5, 5.41) is 6.67. The summed E-state index contributed by atoms with van der Waals surface area (Å²) in [5.41, 5.74) is 1.29. The van der Waals surface area contributed by atoms with Crippen molar-refractivity contribution in [3.8, 4) is 11.3 Å². The molecule has 3 aromatic rings. The Labute approximate surface area is 149 Å². The fourth-order valence-electron chi connectivity index (χ4n) is 2.34. The summed E-state index contributed by atoms with van der Waals surface area (Å²) in [6.45, 7) is 1.47. The van der Waals surface area contributed by atoms with Gasteiger partial charge in [-0.25, -0.2) is 9.37 Å². The number of carbonyl (C=O) groups excluding carboxylic acids is 1. The van der Waals surface area contributed by atoms with E-state index in [-0.39, 0.29) is 24.9 Å². The zero-order chi connectivity index (χ0) is 18.2. The number of ether oxygens (including phenoxy) is 1. The fourth-order valence-corrected chi connectivity index (χ4v) is 2.34. The van der Waals surface area contributed by atoms with E-state index >= 15 is 0 Å². The van der Waals surface area contributed by atoms with Crippen molar-refractivity contribution in [1.29, 1.82) is 0 Å². The van der Waals surface area contributed by atoms with E-state index in [9.17, 15) is 9.18 Å². The Morgan fingerprint density at radius 1 is 1.31 bits per heavy atom. The number of rotatable bonds is 9. The van der Waals surface area contributed by atoms with Gasteiger partial charge in [0.05, 0.1) is 12.9 Å². The van der Waals surface area contributed by atoms with Crippen LogP contribution in [0.15, 0.2) is 53.6 Å². The van der Waals surface area contributed by atoms with E-state index < -0.39 is 0 Å². The van der Waals surface area contributed by atoms with Crippen molar-refractivity contribution in [2.24, 2.45) is 0 Å². The van der Waals surface area contributed by atoms with Crippen LogP contribution < -0.4 is 5.32 Å². The Hall–Kier alpha value is -3.00. The average Bonchev–Trinajstić information content (AvgIpc) is 3.31. The van der Waals surface area contributed by atoms with Gasteiger partial charge in [-0.1, -0.05) is 5.16 Å². The second-order valence-corrected chi connectivity index (χ2v) is 5.69. The van der Waals surface area contributed by atoms with Crippen LogP contribution in [-0.4, -0.2) is 33.8 Å². The molecule has 0 unspecified atom stereocenters. The molecule has 26 heavy (non-hydrogen) atoms. The molecule has 0 radical (unpaired) electrons. The maximum absolute atomic E-state index is 12.9. The molecule has 0 saturated carbocycles. The molecule has 8 heteroatoms. The van der Waals surface area contributed by atoms with Gasteiger partial charge in [0.2, 0.25) is 5.91 Å². The first-order valence-corrected chi connectivity index (χ1v) is 8.22. The Morgan fingerprint density at radius 2 is 2.15 bits per heavy atom. The lowest BCUT2D eigenvalue weighted by Gasteiger charge is -2.05. The molecule has 0 spiro atoms. The molecule has 3 rings (SSSR count). The van der Waals surface area contributed by atoms with E-state index in [4.69, 9.17) is 9.26 Å². The third kappa shape index (κ3) is 5.25. The number of halogens is 1. The van der Waals surface area contributed by atoms with Gasteiger partial charge >= 0.3 is 0 Å². The quantitative estimate of drug-likeness (QED) is 0.594. The number of benzene rings is 1. The van der Waals surface area contributed by atoms with Crippen molar-refractivity contribution < 1.29 is 18.4 Å². The van der Waals surface area contributed by atoms with Gasteiger partial charge < -0.3 is 19.1 Å². The topological polar surface area (TPSA) is 82.2 Å². The number of hydrogen-bond donors (Lipinski definition) is 1. The van der Waals surface area contributed by atoms with Gasteiger partial charge in [-0.15, -0.1) is 0 Å². The molecular weight excluding hydrogens is 339 g/mol. The third-order valence-corrected chi connectivity index (χ3v) is 3.65. The molecule has 0 aliphatic carbocycles.